The van der Waals surface area contributed by atoms with E-state index >= 15 is 0 Å². The number of ether oxygens (including phenoxy) is 2. The van der Waals surface area contributed by atoms with Gasteiger partial charge in [-0.15, -0.1) is 0 Å². The van der Waals surface area contributed by atoms with Crippen LogP contribution in [-0.4, -0.2) is 19.7 Å². The van der Waals surface area contributed by atoms with Crippen LogP contribution in [0.5, 0.6) is 5.75 Å². The van der Waals surface area contributed by atoms with Crippen molar-refractivity contribution in [2.75, 3.05) is 13.7 Å². The van der Waals surface area contributed by atoms with E-state index in [1.165, 1.54) is 0 Å². The van der Waals surface area contributed by atoms with Gasteiger partial charge in [0, 0.05) is 17.1 Å². The van der Waals surface area contributed by atoms with E-state index in [1.54, 1.807) is 31.4 Å². The summed E-state index contributed by atoms with van der Waals surface area (Å²) in [6, 6.07) is 14.9. The standard InChI is InChI=1S/C18H18ClNO3/c1-22-17-10-9-16(19)12-15(17)8-5-11-20-18(21)23-13-14-6-3-2-4-7-14/h2-10,12H,11,13H2,1H3,(H,20,21). The summed E-state index contributed by atoms with van der Waals surface area (Å²) in [4.78, 5) is 11.6. The van der Waals surface area contributed by atoms with Crippen molar-refractivity contribution in [3.05, 3.63) is 70.8 Å². The van der Waals surface area contributed by atoms with Crippen LogP contribution >= 0.6 is 11.6 Å². The van der Waals surface area contributed by atoms with Gasteiger partial charge in [0.15, 0.2) is 0 Å². The van der Waals surface area contributed by atoms with Gasteiger partial charge in [0.05, 0.1) is 7.11 Å². The molecule has 0 spiro atoms. The van der Waals surface area contributed by atoms with Crippen LogP contribution in [0.25, 0.3) is 6.08 Å². The topological polar surface area (TPSA) is 47.6 Å². The lowest BCUT2D eigenvalue weighted by atomic mass is 10.2. The van der Waals surface area contributed by atoms with E-state index in [1.807, 2.05) is 36.4 Å². The molecular weight excluding hydrogens is 314 g/mol. The van der Waals surface area contributed by atoms with E-state index in [2.05, 4.69) is 5.32 Å². The molecule has 2 aromatic carbocycles. The summed E-state index contributed by atoms with van der Waals surface area (Å²) in [7, 11) is 1.60. The van der Waals surface area contributed by atoms with E-state index in [9.17, 15) is 4.79 Å². The minimum absolute atomic E-state index is 0.249. The van der Waals surface area contributed by atoms with Gasteiger partial charge in [-0.3, -0.25) is 0 Å². The summed E-state index contributed by atoms with van der Waals surface area (Å²) < 4.78 is 10.4. The van der Waals surface area contributed by atoms with Crippen LogP contribution < -0.4 is 10.1 Å². The molecule has 4 nitrogen and oxygen atoms in total. The van der Waals surface area contributed by atoms with Crippen molar-refractivity contribution in [2.24, 2.45) is 0 Å². The van der Waals surface area contributed by atoms with Gasteiger partial charge in [0.1, 0.15) is 12.4 Å². The van der Waals surface area contributed by atoms with Crippen molar-refractivity contribution in [2.45, 2.75) is 6.61 Å². The van der Waals surface area contributed by atoms with Gasteiger partial charge in [-0.25, -0.2) is 4.79 Å². The number of hydrogen-bond acceptors (Lipinski definition) is 3. The lowest BCUT2D eigenvalue weighted by molar-refractivity contribution is 0.141. The average molecular weight is 332 g/mol. The zero-order chi connectivity index (χ0) is 16.5. The second-order valence-corrected chi connectivity index (χ2v) is 5.17. The smallest absolute Gasteiger partial charge is 0.407 e. The molecule has 0 atom stereocenters. The monoisotopic (exact) mass is 331 g/mol. The third kappa shape index (κ3) is 5.68. The van der Waals surface area contributed by atoms with Crippen LogP contribution in [0.4, 0.5) is 4.79 Å². The Morgan fingerprint density at radius 3 is 2.74 bits per heavy atom. The molecule has 0 saturated carbocycles. The van der Waals surface area contributed by atoms with E-state index in [0.29, 0.717) is 11.6 Å². The second-order valence-electron chi connectivity index (χ2n) is 4.73. The SMILES string of the molecule is COc1ccc(Cl)cc1C=CCNC(=O)OCc1ccccc1. The predicted molar refractivity (Wildman–Crippen MR) is 91.7 cm³/mol. The number of benzene rings is 2. The fourth-order valence-corrected chi connectivity index (χ4v) is 2.12. The number of carbonyl (C=O) groups is 1. The molecule has 0 saturated heterocycles. The Balaban J connectivity index is 1.78. The zero-order valence-corrected chi connectivity index (χ0v) is 13.5. The second kappa shape index (κ2) is 8.86. The van der Waals surface area contributed by atoms with Gasteiger partial charge in [0.25, 0.3) is 0 Å². The lowest BCUT2D eigenvalue weighted by Crippen LogP contribution is -2.24. The maximum Gasteiger partial charge on any atom is 0.407 e. The third-order valence-corrected chi connectivity index (χ3v) is 3.30. The van der Waals surface area contributed by atoms with Gasteiger partial charge in [0.2, 0.25) is 0 Å². The highest BCUT2D eigenvalue weighted by atomic mass is 35.5. The fraction of sp³-hybridized carbons (Fsp3) is 0.167. The van der Waals surface area contributed by atoms with Crippen LogP contribution in [0, 0.1) is 0 Å². The molecule has 5 heteroatoms. The van der Waals surface area contributed by atoms with Gasteiger partial charge in [-0.2, -0.15) is 0 Å². The first kappa shape index (κ1) is 16.9. The maximum atomic E-state index is 11.6. The van der Waals surface area contributed by atoms with Crippen molar-refractivity contribution in [1.82, 2.24) is 5.32 Å². The number of halogens is 1. The number of nitrogens with one attached hydrogen (secondary N) is 1. The van der Waals surface area contributed by atoms with Crippen molar-refractivity contribution >= 4 is 23.8 Å². The number of carbonyl (C=O) groups excluding carboxylic acids is 1. The molecule has 0 aliphatic rings. The average Bonchev–Trinajstić information content (AvgIpc) is 2.58. The minimum Gasteiger partial charge on any atom is -0.496 e. The molecule has 2 aromatic rings. The molecule has 0 fully saturated rings. The molecular formula is C18H18ClNO3. The van der Waals surface area contributed by atoms with Gasteiger partial charge in [-0.1, -0.05) is 54.1 Å². The highest BCUT2D eigenvalue weighted by Crippen LogP contribution is 2.23. The van der Waals surface area contributed by atoms with Crippen LogP contribution in [0.2, 0.25) is 5.02 Å². The van der Waals surface area contributed by atoms with Crippen LogP contribution in [0.1, 0.15) is 11.1 Å². The predicted octanol–water partition coefficient (Wildman–Crippen LogP) is 4.29. The molecule has 0 aromatic heterocycles. The summed E-state index contributed by atoms with van der Waals surface area (Å²) in [5.74, 6) is 0.720. The highest BCUT2D eigenvalue weighted by Gasteiger charge is 2.02. The maximum absolute atomic E-state index is 11.6. The minimum atomic E-state index is -0.462. The summed E-state index contributed by atoms with van der Waals surface area (Å²) in [5.41, 5.74) is 1.79. The number of methoxy groups -OCH3 is 1. The van der Waals surface area contributed by atoms with E-state index < -0.39 is 6.09 Å². The quantitative estimate of drug-likeness (QED) is 0.859. The van der Waals surface area contributed by atoms with Crippen molar-refractivity contribution < 1.29 is 14.3 Å². The lowest BCUT2D eigenvalue weighted by Gasteiger charge is -2.06. The largest absolute Gasteiger partial charge is 0.496 e. The van der Waals surface area contributed by atoms with Crippen LogP contribution in [0.3, 0.4) is 0 Å². The Kier molecular flexibility index (Phi) is 6.51. The Bertz CT molecular complexity index is 671. The Morgan fingerprint density at radius 2 is 2.00 bits per heavy atom. The Hall–Kier alpha value is -2.46. The zero-order valence-electron chi connectivity index (χ0n) is 12.8. The molecule has 0 radical (unpaired) electrons. The third-order valence-electron chi connectivity index (χ3n) is 3.07. The molecule has 0 heterocycles. The van der Waals surface area contributed by atoms with E-state index in [0.717, 1.165) is 16.9 Å². The van der Waals surface area contributed by atoms with Gasteiger partial charge < -0.3 is 14.8 Å². The molecule has 1 N–H and O–H groups in total. The van der Waals surface area contributed by atoms with Crippen molar-refractivity contribution in [1.29, 1.82) is 0 Å². The summed E-state index contributed by atoms with van der Waals surface area (Å²) in [5, 5.41) is 3.28. The molecule has 0 aliphatic heterocycles. The molecule has 0 aliphatic carbocycles. The first-order valence-corrected chi connectivity index (χ1v) is 7.51. The molecule has 120 valence electrons. The van der Waals surface area contributed by atoms with E-state index in [-0.39, 0.29) is 6.61 Å². The Morgan fingerprint density at radius 1 is 1.22 bits per heavy atom. The number of hydrogen-bond donors (Lipinski definition) is 1. The van der Waals surface area contributed by atoms with Crippen molar-refractivity contribution in [3.8, 4) is 5.75 Å². The first-order valence-electron chi connectivity index (χ1n) is 7.13. The molecule has 0 bridgehead atoms. The summed E-state index contributed by atoms with van der Waals surface area (Å²) in [6.07, 6.45) is 3.18. The van der Waals surface area contributed by atoms with Gasteiger partial charge in [-0.05, 0) is 23.8 Å². The first-order chi connectivity index (χ1) is 11.2. The summed E-state index contributed by atoms with van der Waals surface area (Å²) >= 11 is 5.96. The molecule has 2 rings (SSSR count). The van der Waals surface area contributed by atoms with E-state index in [4.69, 9.17) is 21.1 Å². The summed E-state index contributed by atoms with van der Waals surface area (Å²) in [6.45, 7) is 0.599. The molecule has 1 amide bonds. The number of alkyl carbamates (subject to hydrolysis) is 1. The number of rotatable bonds is 6. The Labute approximate surface area is 140 Å². The van der Waals surface area contributed by atoms with Crippen molar-refractivity contribution in [3.63, 3.8) is 0 Å². The molecule has 0 unspecified atom stereocenters. The van der Waals surface area contributed by atoms with Gasteiger partial charge >= 0.3 is 6.09 Å². The normalized spacial score (nSPS) is 10.5. The van der Waals surface area contributed by atoms with Crippen LogP contribution in [-0.2, 0) is 11.3 Å². The highest BCUT2D eigenvalue weighted by molar-refractivity contribution is 6.30. The fourth-order valence-electron chi connectivity index (χ4n) is 1.94. The van der Waals surface area contributed by atoms with Crippen LogP contribution in [0.15, 0.2) is 54.6 Å². The molecule has 23 heavy (non-hydrogen) atoms. The number of amides is 1.